The van der Waals surface area contributed by atoms with Crippen molar-refractivity contribution in [3.63, 3.8) is 0 Å². The fraction of sp³-hybridized carbons (Fsp3) is 0.222. The molecule has 1 atom stereocenters. The number of aryl methyl sites for hydroxylation is 1. The van der Waals surface area contributed by atoms with Gasteiger partial charge in [0.15, 0.2) is 5.69 Å². The van der Waals surface area contributed by atoms with E-state index in [4.69, 9.17) is 0 Å². The highest BCUT2D eigenvalue weighted by atomic mass is 16.3. The van der Waals surface area contributed by atoms with Gasteiger partial charge in [-0.15, -0.1) is 10.2 Å². The third-order valence-electron chi connectivity index (χ3n) is 6.45. The van der Waals surface area contributed by atoms with Crippen molar-refractivity contribution >= 4 is 22.5 Å². The van der Waals surface area contributed by atoms with E-state index in [2.05, 4.69) is 41.4 Å². The summed E-state index contributed by atoms with van der Waals surface area (Å²) in [6.07, 6.45) is 1.57. The number of aromatic nitrogens is 1. The molecule has 1 amide bonds. The normalized spacial score (nSPS) is 17.1. The van der Waals surface area contributed by atoms with E-state index in [0.717, 1.165) is 28.5 Å². The molecule has 32 heavy (non-hydrogen) atoms. The zero-order chi connectivity index (χ0) is 22.1. The van der Waals surface area contributed by atoms with Crippen molar-refractivity contribution in [1.82, 2.24) is 4.57 Å². The van der Waals surface area contributed by atoms with Crippen LogP contribution < -0.4 is 0 Å². The topological polar surface area (TPSA) is 66.9 Å². The summed E-state index contributed by atoms with van der Waals surface area (Å²) < 4.78 is 1.82. The number of para-hydroxylation sites is 1. The van der Waals surface area contributed by atoms with Gasteiger partial charge >= 0.3 is 0 Å². The van der Waals surface area contributed by atoms with Crippen LogP contribution in [0.5, 0.6) is 5.88 Å². The number of azo groups is 1. The Morgan fingerprint density at radius 3 is 2.19 bits per heavy atom. The number of hydrogen-bond acceptors (Lipinski definition) is 3. The quantitative estimate of drug-likeness (QED) is 0.366. The van der Waals surface area contributed by atoms with E-state index in [1.165, 1.54) is 0 Å². The second kappa shape index (κ2) is 8.08. The summed E-state index contributed by atoms with van der Waals surface area (Å²) in [5.41, 5.74) is 3.09. The van der Waals surface area contributed by atoms with Crippen molar-refractivity contribution in [3.8, 4) is 5.88 Å². The Bertz CT molecular complexity index is 1250. The Kier molecular flexibility index (Phi) is 5.10. The number of aromatic hydroxyl groups is 1. The van der Waals surface area contributed by atoms with Crippen molar-refractivity contribution in [2.24, 2.45) is 16.1 Å². The maximum Gasteiger partial charge on any atom is 0.269 e. The number of carbonyl (C=O) groups excluding carboxylic acids is 1. The Labute approximate surface area is 187 Å². The van der Waals surface area contributed by atoms with Gasteiger partial charge < -0.3 is 9.67 Å². The zero-order valence-electron chi connectivity index (χ0n) is 18.0. The van der Waals surface area contributed by atoms with Crippen LogP contribution in [0.15, 0.2) is 95.2 Å². The summed E-state index contributed by atoms with van der Waals surface area (Å²) in [6.45, 7) is 2.72. The van der Waals surface area contributed by atoms with E-state index in [1.54, 1.807) is 0 Å². The summed E-state index contributed by atoms with van der Waals surface area (Å²) in [4.78, 5) is 13.2. The molecule has 1 aliphatic rings. The van der Waals surface area contributed by atoms with Crippen LogP contribution in [0.4, 0.5) is 5.69 Å². The minimum Gasteiger partial charge on any atom is -0.493 e. The second-order valence-corrected chi connectivity index (χ2v) is 8.34. The highest BCUT2D eigenvalue weighted by molar-refractivity contribution is 5.95. The van der Waals surface area contributed by atoms with Crippen LogP contribution in [0.25, 0.3) is 10.9 Å². The van der Waals surface area contributed by atoms with E-state index in [9.17, 15) is 9.90 Å². The molecule has 0 saturated heterocycles. The zero-order valence-corrected chi connectivity index (χ0v) is 18.0. The third kappa shape index (κ3) is 3.21. The van der Waals surface area contributed by atoms with Crippen molar-refractivity contribution in [2.75, 3.05) is 0 Å². The lowest BCUT2D eigenvalue weighted by Gasteiger charge is -2.17. The van der Waals surface area contributed by atoms with Crippen LogP contribution in [0.1, 0.15) is 30.9 Å². The predicted molar refractivity (Wildman–Crippen MR) is 125 cm³/mol. The molecule has 0 bridgehead atoms. The molecule has 1 N–H and O–H groups in total. The molecule has 1 heterocycles. The van der Waals surface area contributed by atoms with Crippen LogP contribution in [0.2, 0.25) is 0 Å². The first-order valence-electron chi connectivity index (χ1n) is 11.0. The van der Waals surface area contributed by atoms with Crippen LogP contribution in [-0.2, 0) is 16.8 Å². The van der Waals surface area contributed by atoms with Gasteiger partial charge in [-0.25, -0.2) is 0 Å². The highest BCUT2D eigenvalue weighted by Gasteiger charge is 2.60. The van der Waals surface area contributed by atoms with Crippen LogP contribution in [-0.4, -0.2) is 15.6 Å². The smallest absolute Gasteiger partial charge is 0.269 e. The van der Waals surface area contributed by atoms with Gasteiger partial charge in [-0.1, -0.05) is 85.8 Å². The van der Waals surface area contributed by atoms with Gasteiger partial charge in [0.1, 0.15) is 0 Å². The molecule has 0 spiro atoms. The van der Waals surface area contributed by atoms with E-state index < -0.39 is 0 Å². The van der Waals surface area contributed by atoms with E-state index in [0.29, 0.717) is 18.7 Å². The minimum atomic E-state index is -0.378. The van der Waals surface area contributed by atoms with Gasteiger partial charge in [-0.3, -0.25) is 4.79 Å². The van der Waals surface area contributed by atoms with Gasteiger partial charge in [-0.05, 0) is 30.0 Å². The fourth-order valence-corrected chi connectivity index (χ4v) is 4.83. The Balaban J connectivity index is 1.49. The molecule has 0 aliphatic heterocycles. The van der Waals surface area contributed by atoms with E-state index in [1.807, 2.05) is 65.2 Å². The van der Waals surface area contributed by atoms with Crippen LogP contribution in [0.3, 0.4) is 0 Å². The molecule has 5 rings (SSSR count). The number of carbonyl (C=O) groups is 1. The monoisotopic (exact) mass is 423 g/mol. The summed E-state index contributed by atoms with van der Waals surface area (Å²) in [5, 5.41) is 19.9. The third-order valence-corrected chi connectivity index (χ3v) is 6.45. The molecule has 1 aliphatic carbocycles. The molecule has 0 radical (unpaired) electrons. The van der Waals surface area contributed by atoms with Crippen LogP contribution >= 0.6 is 0 Å². The maximum atomic E-state index is 13.2. The molecule has 5 heteroatoms. The maximum absolute atomic E-state index is 13.2. The van der Waals surface area contributed by atoms with Gasteiger partial charge in [0.25, 0.3) is 5.91 Å². The Hall–Kier alpha value is -3.73. The van der Waals surface area contributed by atoms with Crippen molar-refractivity contribution < 1.29 is 9.90 Å². The van der Waals surface area contributed by atoms with E-state index >= 15 is 0 Å². The molecule has 3 aromatic carbocycles. The second-order valence-electron chi connectivity index (χ2n) is 8.34. The SMILES string of the molecule is CCCn1c(O)c(N=NC(=O)[C@H]2CC2(c2ccccc2)c2ccccc2)c2ccccc21. The van der Waals surface area contributed by atoms with E-state index in [-0.39, 0.29) is 23.1 Å². The lowest BCUT2D eigenvalue weighted by atomic mass is 9.85. The summed E-state index contributed by atoms with van der Waals surface area (Å²) in [7, 11) is 0. The van der Waals surface area contributed by atoms with Gasteiger partial charge in [-0.2, -0.15) is 0 Å². The van der Waals surface area contributed by atoms with Crippen molar-refractivity contribution in [3.05, 3.63) is 96.1 Å². The number of fused-ring (bicyclic) bond motifs is 1. The fourth-order valence-electron chi connectivity index (χ4n) is 4.83. The van der Waals surface area contributed by atoms with Gasteiger partial charge in [0, 0.05) is 17.3 Å². The lowest BCUT2D eigenvalue weighted by Crippen LogP contribution is -2.16. The number of hydrogen-bond donors (Lipinski definition) is 1. The molecular weight excluding hydrogens is 398 g/mol. The van der Waals surface area contributed by atoms with Crippen molar-refractivity contribution in [2.45, 2.75) is 31.7 Å². The van der Waals surface area contributed by atoms with Gasteiger partial charge in [0.2, 0.25) is 5.88 Å². The molecule has 160 valence electrons. The lowest BCUT2D eigenvalue weighted by molar-refractivity contribution is -0.119. The summed E-state index contributed by atoms with van der Waals surface area (Å²) in [5.74, 6) is -0.482. The van der Waals surface area contributed by atoms with Crippen molar-refractivity contribution in [1.29, 1.82) is 0 Å². The average molecular weight is 424 g/mol. The predicted octanol–water partition coefficient (Wildman–Crippen LogP) is 6.37. The van der Waals surface area contributed by atoms with Gasteiger partial charge in [0.05, 0.1) is 11.4 Å². The summed E-state index contributed by atoms with van der Waals surface area (Å²) in [6, 6.07) is 27.9. The Morgan fingerprint density at radius 1 is 0.969 bits per heavy atom. The average Bonchev–Trinajstić information content (AvgIpc) is 3.55. The molecule has 1 fully saturated rings. The molecule has 4 aromatic rings. The van der Waals surface area contributed by atoms with Crippen LogP contribution in [0, 0.1) is 5.92 Å². The largest absolute Gasteiger partial charge is 0.493 e. The number of amides is 1. The molecular formula is C27H25N3O2. The summed E-state index contributed by atoms with van der Waals surface area (Å²) >= 11 is 0. The molecule has 0 unspecified atom stereocenters. The Morgan fingerprint density at radius 2 is 1.56 bits per heavy atom. The molecule has 5 nitrogen and oxygen atoms in total. The first kappa shape index (κ1) is 20.2. The number of nitrogens with zero attached hydrogens (tertiary/aromatic N) is 3. The molecule has 1 saturated carbocycles. The minimum absolute atomic E-state index is 0.0535. The highest BCUT2D eigenvalue weighted by Crippen LogP contribution is 2.59. The standard InChI is InChI=1S/C27H25N3O2/c1-2-17-30-23-16-10-9-15-21(23)24(26(30)32)28-29-25(31)22-18-27(22,19-11-5-3-6-12-19)20-13-7-4-8-14-20/h3-16,22,32H,2,17-18H2,1H3/t22-/m1/s1. The first-order chi connectivity index (χ1) is 15.7. The first-order valence-corrected chi connectivity index (χ1v) is 11.0. The number of rotatable bonds is 6. The molecule has 1 aromatic heterocycles. The number of benzene rings is 3.